The van der Waals surface area contributed by atoms with Gasteiger partial charge in [0.05, 0.1) is 19.1 Å². The lowest BCUT2D eigenvalue weighted by Gasteiger charge is -2.20. The van der Waals surface area contributed by atoms with Gasteiger partial charge in [-0.15, -0.1) is 0 Å². The monoisotopic (exact) mass is 210 g/mol. The largest absolute Gasteiger partial charge is 0.472 e. The lowest BCUT2D eigenvalue weighted by atomic mass is 9.99. The van der Waals surface area contributed by atoms with Gasteiger partial charge in [-0.05, 0) is 12.5 Å². The zero-order chi connectivity index (χ0) is 10.7. The van der Waals surface area contributed by atoms with Crippen LogP contribution in [0.15, 0.2) is 23.0 Å². The van der Waals surface area contributed by atoms with Crippen LogP contribution in [0.1, 0.15) is 12.0 Å². The van der Waals surface area contributed by atoms with Gasteiger partial charge in [0.1, 0.15) is 5.54 Å². The minimum Gasteiger partial charge on any atom is -0.472 e. The van der Waals surface area contributed by atoms with Gasteiger partial charge in [-0.3, -0.25) is 4.79 Å². The first-order valence-electron chi connectivity index (χ1n) is 4.87. The molecule has 0 bridgehead atoms. The Kier molecular flexibility index (Phi) is 2.75. The molecule has 0 radical (unpaired) electrons. The Bertz CT molecular complexity index is 328. The Balaban J connectivity index is 1.87. The molecule has 1 fully saturated rings. The molecule has 15 heavy (non-hydrogen) atoms. The molecule has 1 aromatic heterocycles. The van der Waals surface area contributed by atoms with Gasteiger partial charge in [0, 0.05) is 18.7 Å². The van der Waals surface area contributed by atoms with E-state index in [0.717, 1.165) is 5.56 Å². The predicted molar refractivity (Wildman–Crippen MR) is 52.9 cm³/mol. The third kappa shape index (κ3) is 2.19. The zero-order valence-corrected chi connectivity index (χ0v) is 8.36. The molecule has 1 aliphatic rings. The summed E-state index contributed by atoms with van der Waals surface area (Å²) in [5.74, 6) is -0.166. The second kappa shape index (κ2) is 4.04. The van der Waals surface area contributed by atoms with Crippen LogP contribution in [0.5, 0.6) is 0 Å². The first-order valence-corrected chi connectivity index (χ1v) is 4.87. The SMILES string of the molecule is NC1(C(=O)NCc2ccoc2)CCOC1. The third-order valence-corrected chi connectivity index (χ3v) is 2.54. The Morgan fingerprint density at radius 2 is 2.53 bits per heavy atom. The third-order valence-electron chi connectivity index (χ3n) is 2.54. The molecular weight excluding hydrogens is 196 g/mol. The van der Waals surface area contributed by atoms with Gasteiger partial charge >= 0.3 is 0 Å². The number of furan rings is 1. The lowest BCUT2D eigenvalue weighted by molar-refractivity contribution is -0.126. The van der Waals surface area contributed by atoms with Crippen molar-refractivity contribution in [2.75, 3.05) is 13.2 Å². The van der Waals surface area contributed by atoms with E-state index in [0.29, 0.717) is 26.2 Å². The Labute approximate surface area is 87.6 Å². The fourth-order valence-corrected chi connectivity index (χ4v) is 1.51. The molecule has 1 atom stereocenters. The molecule has 0 saturated carbocycles. The minimum absolute atomic E-state index is 0.166. The summed E-state index contributed by atoms with van der Waals surface area (Å²) in [6, 6.07) is 1.80. The van der Waals surface area contributed by atoms with E-state index >= 15 is 0 Å². The molecule has 0 aliphatic carbocycles. The molecule has 1 aliphatic heterocycles. The zero-order valence-electron chi connectivity index (χ0n) is 8.36. The van der Waals surface area contributed by atoms with Gasteiger partial charge in [0.2, 0.25) is 5.91 Å². The molecule has 5 nitrogen and oxygen atoms in total. The van der Waals surface area contributed by atoms with Crippen LogP contribution in [0.4, 0.5) is 0 Å². The predicted octanol–water partition coefficient (Wildman–Crippen LogP) is 0.0136. The van der Waals surface area contributed by atoms with Crippen LogP contribution in [0, 0.1) is 0 Å². The van der Waals surface area contributed by atoms with Crippen molar-refractivity contribution in [3.63, 3.8) is 0 Å². The summed E-state index contributed by atoms with van der Waals surface area (Å²) in [7, 11) is 0. The second-order valence-corrected chi connectivity index (χ2v) is 3.77. The number of ether oxygens (including phenoxy) is 1. The quantitative estimate of drug-likeness (QED) is 0.737. The maximum atomic E-state index is 11.7. The summed E-state index contributed by atoms with van der Waals surface area (Å²) >= 11 is 0. The highest BCUT2D eigenvalue weighted by Gasteiger charge is 2.37. The standard InChI is InChI=1S/C10H14N2O3/c11-10(2-4-15-7-10)9(13)12-5-8-1-3-14-6-8/h1,3,6H,2,4-5,7,11H2,(H,12,13). The van der Waals surface area contributed by atoms with Crippen LogP contribution in [0.2, 0.25) is 0 Å². The van der Waals surface area contributed by atoms with Crippen molar-refractivity contribution in [1.82, 2.24) is 5.32 Å². The van der Waals surface area contributed by atoms with Crippen LogP contribution in [-0.4, -0.2) is 24.7 Å². The van der Waals surface area contributed by atoms with Crippen LogP contribution >= 0.6 is 0 Å². The number of carbonyl (C=O) groups is 1. The van der Waals surface area contributed by atoms with Gasteiger partial charge in [0.15, 0.2) is 0 Å². The van der Waals surface area contributed by atoms with Gasteiger partial charge < -0.3 is 20.2 Å². The normalized spacial score (nSPS) is 25.4. The van der Waals surface area contributed by atoms with E-state index in [2.05, 4.69) is 5.32 Å². The molecule has 0 spiro atoms. The molecule has 0 aromatic carbocycles. The lowest BCUT2D eigenvalue weighted by Crippen LogP contribution is -2.54. The highest BCUT2D eigenvalue weighted by Crippen LogP contribution is 2.15. The van der Waals surface area contributed by atoms with Crippen molar-refractivity contribution in [1.29, 1.82) is 0 Å². The first-order chi connectivity index (χ1) is 7.21. The van der Waals surface area contributed by atoms with Crippen molar-refractivity contribution in [3.8, 4) is 0 Å². The van der Waals surface area contributed by atoms with Crippen molar-refractivity contribution in [2.45, 2.75) is 18.5 Å². The Morgan fingerprint density at radius 3 is 3.13 bits per heavy atom. The van der Waals surface area contributed by atoms with Crippen molar-refractivity contribution < 1.29 is 13.9 Å². The summed E-state index contributed by atoms with van der Waals surface area (Å²) in [6.45, 7) is 1.29. The average molecular weight is 210 g/mol. The molecule has 2 heterocycles. The number of nitrogens with one attached hydrogen (secondary N) is 1. The van der Waals surface area contributed by atoms with Crippen LogP contribution in [-0.2, 0) is 16.1 Å². The molecular formula is C10H14N2O3. The molecule has 1 amide bonds. The Morgan fingerprint density at radius 1 is 1.67 bits per heavy atom. The van der Waals surface area contributed by atoms with Gasteiger partial charge in [-0.25, -0.2) is 0 Å². The summed E-state index contributed by atoms with van der Waals surface area (Å²) in [6.07, 6.45) is 3.73. The minimum atomic E-state index is -0.857. The highest BCUT2D eigenvalue weighted by molar-refractivity contribution is 5.86. The van der Waals surface area contributed by atoms with Gasteiger partial charge in [-0.1, -0.05) is 0 Å². The number of hydrogen-bond donors (Lipinski definition) is 2. The fourth-order valence-electron chi connectivity index (χ4n) is 1.51. The van der Waals surface area contributed by atoms with E-state index in [1.807, 2.05) is 0 Å². The van der Waals surface area contributed by atoms with Crippen molar-refractivity contribution >= 4 is 5.91 Å². The van der Waals surface area contributed by atoms with E-state index in [-0.39, 0.29) is 5.91 Å². The van der Waals surface area contributed by atoms with Crippen LogP contribution in [0.3, 0.4) is 0 Å². The smallest absolute Gasteiger partial charge is 0.242 e. The second-order valence-electron chi connectivity index (χ2n) is 3.77. The Hall–Kier alpha value is -1.33. The number of nitrogens with two attached hydrogens (primary N) is 1. The highest BCUT2D eigenvalue weighted by atomic mass is 16.5. The molecule has 1 saturated heterocycles. The van der Waals surface area contributed by atoms with Crippen molar-refractivity contribution in [2.24, 2.45) is 5.73 Å². The number of hydrogen-bond acceptors (Lipinski definition) is 4. The van der Waals surface area contributed by atoms with E-state index in [1.165, 1.54) is 0 Å². The average Bonchev–Trinajstić information content (AvgIpc) is 2.85. The molecule has 3 N–H and O–H groups in total. The van der Waals surface area contributed by atoms with Gasteiger partial charge in [0.25, 0.3) is 0 Å². The summed E-state index contributed by atoms with van der Waals surface area (Å²) < 4.78 is 10.0. The number of carbonyl (C=O) groups excluding carboxylic acids is 1. The van der Waals surface area contributed by atoms with Gasteiger partial charge in [-0.2, -0.15) is 0 Å². The van der Waals surface area contributed by atoms with Crippen LogP contribution < -0.4 is 11.1 Å². The number of rotatable bonds is 3. The molecule has 5 heteroatoms. The van der Waals surface area contributed by atoms with Crippen molar-refractivity contribution in [3.05, 3.63) is 24.2 Å². The number of amides is 1. The van der Waals surface area contributed by atoms with E-state index in [4.69, 9.17) is 14.9 Å². The molecule has 1 unspecified atom stereocenters. The maximum absolute atomic E-state index is 11.7. The van der Waals surface area contributed by atoms with E-state index < -0.39 is 5.54 Å². The maximum Gasteiger partial charge on any atom is 0.242 e. The summed E-state index contributed by atoms with van der Waals surface area (Å²) in [5, 5.41) is 2.76. The fraction of sp³-hybridized carbons (Fsp3) is 0.500. The summed E-state index contributed by atoms with van der Waals surface area (Å²) in [4.78, 5) is 11.7. The first kappa shape index (κ1) is 10.2. The van der Waals surface area contributed by atoms with E-state index in [1.54, 1.807) is 18.6 Å². The molecule has 82 valence electrons. The van der Waals surface area contributed by atoms with Crippen LogP contribution in [0.25, 0.3) is 0 Å². The topological polar surface area (TPSA) is 77.5 Å². The molecule has 1 aromatic rings. The molecule has 2 rings (SSSR count). The van der Waals surface area contributed by atoms with E-state index in [9.17, 15) is 4.79 Å². The summed E-state index contributed by atoms with van der Waals surface area (Å²) in [5.41, 5.74) is 5.95.